The lowest BCUT2D eigenvalue weighted by Gasteiger charge is -2.03. The van der Waals surface area contributed by atoms with Gasteiger partial charge in [-0.2, -0.15) is 5.10 Å². The van der Waals surface area contributed by atoms with E-state index in [2.05, 4.69) is 31.0 Å². The normalized spacial score (nSPS) is 10.9. The third kappa shape index (κ3) is 2.37. The minimum absolute atomic E-state index is 0.613. The number of nitrogens with one attached hydrogen (secondary N) is 1. The van der Waals surface area contributed by atoms with Crippen LogP contribution in [0.1, 0.15) is 5.56 Å². The minimum Gasteiger partial charge on any atom is -0.364 e. The van der Waals surface area contributed by atoms with Gasteiger partial charge in [-0.25, -0.2) is 4.68 Å². The predicted octanol–water partition coefficient (Wildman–Crippen LogP) is 1.32. The number of aromatic nitrogens is 7. The van der Waals surface area contributed by atoms with E-state index in [0.717, 1.165) is 11.3 Å². The van der Waals surface area contributed by atoms with E-state index < -0.39 is 0 Å². The van der Waals surface area contributed by atoms with Gasteiger partial charge in [0, 0.05) is 18.3 Å². The molecule has 0 fully saturated rings. The standard InChI is InChI=1S/C14H12N8/c1-2-4-12(5-3-1)21-10-11(9-16-21)8-15-13-6-7-14-17-19-20-22(14)18-13/h1-7,9-10H,8H2,(H,15,18). The Hall–Kier alpha value is -3.29. The molecule has 0 amide bonds. The van der Waals surface area contributed by atoms with Crippen molar-refractivity contribution in [2.24, 2.45) is 0 Å². The third-order valence-electron chi connectivity index (χ3n) is 3.20. The Balaban J connectivity index is 1.48. The monoisotopic (exact) mass is 292 g/mol. The molecule has 0 aliphatic heterocycles. The van der Waals surface area contributed by atoms with Crippen LogP contribution >= 0.6 is 0 Å². The molecule has 1 N–H and O–H groups in total. The van der Waals surface area contributed by atoms with E-state index in [9.17, 15) is 0 Å². The van der Waals surface area contributed by atoms with Gasteiger partial charge in [-0.1, -0.05) is 18.2 Å². The van der Waals surface area contributed by atoms with Crippen molar-refractivity contribution in [3.05, 3.63) is 60.4 Å². The van der Waals surface area contributed by atoms with Gasteiger partial charge in [-0.05, 0) is 34.7 Å². The molecule has 1 aromatic carbocycles. The SMILES string of the molecule is c1ccc(-n2cc(CNc3ccc4nnnn4n3)cn2)cc1. The Morgan fingerprint density at radius 1 is 1.05 bits per heavy atom. The zero-order chi connectivity index (χ0) is 14.8. The fraction of sp³-hybridized carbons (Fsp3) is 0.0714. The summed E-state index contributed by atoms with van der Waals surface area (Å²) >= 11 is 0. The summed E-state index contributed by atoms with van der Waals surface area (Å²) in [7, 11) is 0. The molecule has 0 spiro atoms. The van der Waals surface area contributed by atoms with Crippen molar-refractivity contribution in [2.75, 3.05) is 5.32 Å². The topological polar surface area (TPSA) is 85.8 Å². The van der Waals surface area contributed by atoms with Gasteiger partial charge < -0.3 is 5.32 Å². The summed E-state index contributed by atoms with van der Waals surface area (Å²) in [6, 6.07) is 13.6. The molecular weight excluding hydrogens is 280 g/mol. The van der Waals surface area contributed by atoms with Crippen LogP contribution < -0.4 is 5.32 Å². The molecule has 3 heterocycles. The molecule has 0 saturated carbocycles. The first-order valence-electron chi connectivity index (χ1n) is 6.77. The molecule has 8 nitrogen and oxygen atoms in total. The molecule has 0 atom stereocenters. The van der Waals surface area contributed by atoms with Gasteiger partial charge in [0.2, 0.25) is 0 Å². The lowest BCUT2D eigenvalue weighted by Crippen LogP contribution is -2.04. The van der Waals surface area contributed by atoms with E-state index in [1.165, 1.54) is 4.63 Å². The van der Waals surface area contributed by atoms with Crippen LogP contribution in [0.3, 0.4) is 0 Å². The first kappa shape index (κ1) is 12.5. The van der Waals surface area contributed by atoms with Crippen LogP contribution in [-0.4, -0.2) is 35.0 Å². The number of benzene rings is 1. The van der Waals surface area contributed by atoms with Crippen LogP contribution in [0.25, 0.3) is 11.3 Å². The summed E-state index contributed by atoms with van der Waals surface area (Å²) in [4.78, 5) is 0. The highest BCUT2D eigenvalue weighted by atomic mass is 15.6. The molecule has 0 aliphatic carbocycles. The lowest BCUT2D eigenvalue weighted by atomic mass is 10.3. The smallest absolute Gasteiger partial charge is 0.200 e. The van der Waals surface area contributed by atoms with E-state index in [1.54, 1.807) is 0 Å². The molecule has 4 aromatic rings. The van der Waals surface area contributed by atoms with Gasteiger partial charge in [0.25, 0.3) is 0 Å². The molecule has 0 unspecified atom stereocenters. The van der Waals surface area contributed by atoms with Crippen molar-refractivity contribution in [2.45, 2.75) is 6.54 Å². The molecule has 0 radical (unpaired) electrons. The van der Waals surface area contributed by atoms with Crippen LogP contribution in [0, 0.1) is 0 Å². The number of hydrogen-bond acceptors (Lipinski definition) is 6. The number of fused-ring (bicyclic) bond motifs is 1. The Morgan fingerprint density at radius 3 is 2.86 bits per heavy atom. The second kappa shape index (κ2) is 5.24. The number of para-hydroxylation sites is 1. The first-order chi connectivity index (χ1) is 10.9. The zero-order valence-corrected chi connectivity index (χ0v) is 11.5. The fourth-order valence-corrected chi connectivity index (χ4v) is 2.11. The highest BCUT2D eigenvalue weighted by Crippen LogP contribution is 2.10. The largest absolute Gasteiger partial charge is 0.364 e. The molecular formula is C14H12N8. The summed E-state index contributed by atoms with van der Waals surface area (Å²) in [6.07, 6.45) is 3.81. The van der Waals surface area contributed by atoms with E-state index in [1.807, 2.05) is 59.5 Å². The third-order valence-corrected chi connectivity index (χ3v) is 3.20. The predicted molar refractivity (Wildman–Crippen MR) is 79.5 cm³/mol. The highest BCUT2D eigenvalue weighted by molar-refractivity contribution is 5.42. The maximum Gasteiger partial charge on any atom is 0.200 e. The summed E-state index contributed by atoms with van der Waals surface area (Å²) < 4.78 is 3.23. The molecule has 0 bridgehead atoms. The van der Waals surface area contributed by atoms with Gasteiger partial charge in [-0.15, -0.1) is 14.8 Å². The van der Waals surface area contributed by atoms with Crippen molar-refractivity contribution >= 4 is 11.5 Å². The Kier molecular flexibility index (Phi) is 2.97. The fourth-order valence-electron chi connectivity index (χ4n) is 2.11. The molecule has 4 rings (SSSR count). The molecule has 3 aromatic heterocycles. The summed E-state index contributed by atoms with van der Waals surface area (Å²) in [5, 5.41) is 23.0. The van der Waals surface area contributed by atoms with Gasteiger partial charge in [0.1, 0.15) is 5.82 Å². The Labute approximate surface area is 125 Å². The van der Waals surface area contributed by atoms with Gasteiger partial charge in [0.15, 0.2) is 5.65 Å². The second-order valence-electron chi connectivity index (χ2n) is 4.73. The van der Waals surface area contributed by atoms with E-state index >= 15 is 0 Å². The van der Waals surface area contributed by atoms with Crippen LogP contribution in [0.15, 0.2) is 54.9 Å². The molecule has 108 valence electrons. The quantitative estimate of drug-likeness (QED) is 0.610. The van der Waals surface area contributed by atoms with Crippen molar-refractivity contribution < 1.29 is 0 Å². The average Bonchev–Trinajstić information content (AvgIpc) is 3.22. The van der Waals surface area contributed by atoms with E-state index in [0.29, 0.717) is 18.0 Å². The molecule has 8 heteroatoms. The number of tetrazole rings is 1. The summed E-state index contributed by atoms with van der Waals surface area (Å²) in [5.74, 6) is 0.701. The summed E-state index contributed by atoms with van der Waals surface area (Å²) in [6.45, 7) is 0.619. The first-order valence-corrected chi connectivity index (χ1v) is 6.77. The number of rotatable bonds is 4. The lowest BCUT2D eigenvalue weighted by molar-refractivity contribution is 0.734. The number of hydrogen-bond donors (Lipinski definition) is 1. The van der Waals surface area contributed by atoms with Crippen LogP contribution in [0.4, 0.5) is 5.82 Å². The van der Waals surface area contributed by atoms with Crippen LogP contribution in [-0.2, 0) is 6.54 Å². The van der Waals surface area contributed by atoms with Crippen molar-refractivity contribution in [1.82, 2.24) is 35.0 Å². The highest BCUT2D eigenvalue weighted by Gasteiger charge is 2.03. The molecule has 0 aliphatic rings. The summed E-state index contributed by atoms with van der Waals surface area (Å²) in [5.41, 5.74) is 2.70. The Bertz CT molecular complexity index is 895. The minimum atomic E-state index is 0.613. The van der Waals surface area contributed by atoms with E-state index in [4.69, 9.17) is 0 Å². The van der Waals surface area contributed by atoms with Crippen LogP contribution in [0.5, 0.6) is 0 Å². The zero-order valence-electron chi connectivity index (χ0n) is 11.5. The maximum atomic E-state index is 4.36. The number of anilines is 1. The average molecular weight is 292 g/mol. The molecule has 22 heavy (non-hydrogen) atoms. The van der Waals surface area contributed by atoms with E-state index in [-0.39, 0.29) is 0 Å². The van der Waals surface area contributed by atoms with Gasteiger partial charge >= 0.3 is 0 Å². The van der Waals surface area contributed by atoms with Gasteiger partial charge in [-0.3, -0.25) is 0 Å². The number of nitrogens with zero attached hydrogens (tertiary/aromatic N) is 7. The Morgan fingerprint density at radius 2 is 1.95 bits per heavy atom. The van der Waals surface area contributed by atoms with Gasteiger partial charge in [0.05, 0.1) is 11.9 Å². The molecule has 0 saturated heterocycles. The van der Waals surface area contributed by atoms with Crippen molar-refractivity contribution in [3.63, 3.8) is 0 Å². The van der Waals surface area contributed by atoms with Crippen molar-refractivity contribution in [3.8, 4) is 5.69 Å². The van der Waals surface area contributed by atoms with Crippen molar-refractivity contribution in [1.29, 1.82) is 0 Å². The second-order valence-corrected chi connectivity index (χ2v) is 4.73. The maximum absolute atomic E-state index is 4.36. The van der Waals surface area contributed by atoms with Crippen LogP contribution in [0.2, 0.25) is 0 Å².